The highest BCUT2D eigenvalue weighted by molar-refractivity contribution is 6.03. The predicted molar refractivity (Wildman–Crippen MR) is 87.8 cm³/mol. The summed E-state index contributed by atoms with van der Waals surface area (Å²) in [5, 5.41) is 17.0. The summed E-state index contributed by atoms with van der Waals surface area (Å²) in [6.45, 7) is 1.05. The summed E-state index contributed by atoms with van der Waals surface area (Å²) >= 11 is 0. The Balaban J connectivity index is 2.03. The first-order valence-corrected chi connectivity index (χ1v) is 7.87. The third-order valence-electron chi connectivity index (χ3n) is 4.32. The van der Waals surface area contributed by atoms with E-state index in [0.717, 1.165) is 9.25 Å². The number of H-pyrrole nitrogens is 1. The molecule has 0 aromatic carbocycles. The van der Waals surface area contributed by atoms with Crippen molar-refractivity contribution in [2.45, 2.75) is 31.7 Å². The standard InChI is InChI=1S/C14H17N7O6/c1-5-3-20(14(26)17-13(5)25)8-2-6(7(4-22)27-8)21-10(12(16)24)9(11(15)23)18-19-21/h3,6-8,22H,2,4H2,1H3,(H2,15,23)(H2,16,24)(H,17,25,26). The van der Waals surface area contributed by atoms with Crippen molar-refractivity contribution in [2.24, 2.45) is 11.5 Å². The van der Waals surface area contributed by atoms with Gasteiger partial charge in [-0.2, -0.15) is 0 Å². The number of nitrogens with two attached hydrogens (primary N) is 2. The third-order valence-corrected chi connectivity index (χ3v) is 4.32. The maximum Gasteiger partial charge on any atom is 0.330 e. The van der Waals surface area contributed by atoms with Crippen LogP contribution in [0.5, 0.6) is 0 Å². The van der Waals surface area contributed by atoms with Crippen molar-refractivity contribution >= 4 is 11.8 Å². The Morgan fingerprint density at radius 3 is 2.67 bits per heavy atom. The van der Waals surface area contributed by atoms with Gasteiger partial charge in [0.15, 0.2) is 11.4 Å². The van der Waals surface area contributed by atoms with E-state index in [4.69, 9.17) is 16.2 Å². The van der Waals surface area contributed by atoms with Gasteiger partial charge in [0.25, 0.3) is 17.4 Å². The van der Waals surface area contributed by atoms with Gasteiger partial charge in [0, 0.05) is 18.2 Å². The number of hydrogen-bond donors (Lipinski definition) is 4. The minimum atomic E-state index is -0.987. The number of ether oxygens (including phenoxy) is 1. The third kappa shape index (κ3) is 3.13. The molecular formula is C14H17N7O6. The van der Waals surface area contributed by atoms with Crippen molar-refractivity contribution < 1.29 is 19.4 Å². The molecule has 13 heteroatoms. The molecule has 3 unspecified atom stereocenters. The van der Waals surface area contributed by atoms with Gasteiger partial charge in [-0.1, -0.05) is 5.21 Å². The summed E-state index contributed by atoms with van der Waals surface area (Å²) in [6, 6.07) is -0.762. The van der Waals surface area contributed by atoms with E-state index < -0.39 is 53.7 Å². The highest BCUT2D eigenvalue weighted by Gasteiger charge is 2.41. The average Bonchev–Trinajstić information content (AvgIpc) is 3.21. The Hall–Kier alpha value is -3.32. The molecular weight excluding hydrogens is 362 g/mol. The van der Waals surface area contributed by atoms with E-state index in [2.05, 4.69) is 15.3 Å². The molecule has 2 aromatic heterocycles. The number of aliphatic hydroxyl groups is 1. The number of aromatic nitrogens is 5. The number of primary amides is 2. The van der Waals surface area contributed by atoms with Gasteiger partial charge in [0.05, 0.1) is 12.6 Å². The molecule has 144 valence electrons. The summed E-state index contributed by atoms with van der Waals surface area (Å²) in [5.41, 5.74) is 8.84. The van der Waals surface area contributed by atoms with Crippen LogP contribution < -0.4 is 22.7 Å². The number of aromatic amines is 1. The van der Waals surface area contributed by atoms with Crippen LogP contribution in [0.1, 0.15) is 45.2 Å². The van der Waals surface area contributed by atoms with Gasteiger partial charge < -0.3 is 21.3 Å². The zero-order chi connectivity index (χ0) is 19.9. The van der Waals surface area contributed by atoms with Crippen LogP contribution in [0, 0.1) is 6.92 Å². The van der Waals surface area contributed by atoms with Crippen LogP contribution in [0.25, 0.3) is 0 Å². The summed E-state index contributed by atoms with van der Waals surface area (Å²) in [4.78, 5) is 49.0. The number of amides is 2. The average molecular weight is 379 g/mol. The molecule has 1 fully saturated rings. The van der Waals surface area contributed by atoms with Crippen molar-refractivity contribution in [2.75, 3.05) is 6.61 Å². The van der Waals surface area contributed by atoms with E-state index in [1.165, 1.54) is 13.1 Å². The van der Waals surface area contributed by atoms with Gasteiger partial charge in [0.2, 0.25) is 0 Å². The smallest absolute Gasteiger partial charge is 0.330 e. The van der Waals surface area contributed by atoms with Gasteiger partial charge in [-0.05, 0) is 6.92 Å². The zero-order valence-electron chi connectivity index (χ0n) is 14.2. The largest absolute Gasteiger partial charge is 0.394 e. The fraction of sp³-hybridized carbons (Fsp3) is 0.429. The second-order valence-electron chi connectivity index (χ2n) is 6.05. The maximum atomic E-state index is 12.1. The van der Waals surface area contributed by atoms with E-state index in [9.17, 15) is 24.3 Å². The Bertz CT molecular complexity index is 1020. The monoisotopic (exact) mass is 379 g/mol. The molecule has 6 N–H and O–H groups in total. The minimum absolute atomic E-state index is 0.0818. The molecule has 3 atom stereocenters. The lowest BCUT2D eigenvalue weighted by Crippen LogP contribution is -2.33. The van der Waals surface area contributed by atoms with Gasteiger partial charge in [-0.25, -0.2) is 9.48 Å². The number of nitrogens with zero attached hydrogens (tertiary/aromatic N) is 4. The van der Waals surface area contributed by atoms with Crippen LogP contribution in [0.3, 0.4) is 0 Å². The highest BCUT2D eigenvalue weighted by Crippen LogP contribution is 2.36. The Morgan fingerprint density at radius 1 is 1.37 bits per heavy atom. The van der Waals surface area contributed by atoms with Crippen molar-refractivity contribution in [3.8, 4) is 0 Å². The molecule has 2 aromatic rings. The number of rotatable bonds is 5. The van der Waals surface area contributed by atoms with Crippen LogP contribution >= 0.6 is 0 Å². The van der Waals surface area contributed by atoms with E-state index in [1.54, 1.807) is 0 Å². The van der Waals surface area contributed by atoms with E-state index in [0.29, 0.717) is 0 Å². The van der Waals surface area contributed by atoms with E-state index in [1.807, 2.05) is 0 Å². The number of hydrogen-bond acceptors (Lipinski definition) is 8. The lowest BCUT2D eigenvalue weighted by Gasteiger charge is -2.17. The van der Waals surface area contributed by atoms with E-state index in [-0.39, 0.29) is 17.7 Å². The van der Waals surface area contributed by atoms with Gasteiger partial charge in [-0.15, -0.1) is 5.10 Å². The molecule has 0 radical (unpaired) electrons. The number of carbonyl (C=O) groups is 2. The number of aryl methyl sites for hydroxylation is 1. The van der Waals surface area contributed by atoms with Crippen molar-refractivity contribution in [3.63, 3.8) is 0 Å². The molecule has 0 bridgehead atoms. The first-order chi connectivity index (χ1) is 12.7. The van der Waals surface area contributed by atoms with Crippen LogP contribution in [-0.2, 0) is 4.74 Å². The normalized spacial score (nSPS) is 22.1. The van der Waals surface area contributed by atoms with Crippen molar-refractivity contribution in [3.05, 3.63) is 44.0 Å². The second kappa shape index (κ2) is 6.77. The summed E-state index contributed by atoms with van der Waals surface area (Å²) in [7, 11) is 0. The lowest BCUT2D eigenvalue weighted by atomic mass is 10.1. The summed E-state index contributed by atoms with van der Waals surface area (Å²) in [6.07, 6.45) is -0.335. The molecule has 0 spiro atoms. The molecule has 13 nitrogen and oxygen atoms in total. The van der Waals surface area contributed by atoms with Gasteiger partial charge >= 0.3 is 5.69 Å². The van der Waals surface area contributed by atoms with Crippen LogP contribution in [-0.4, -0.2) is 54.2 Å². The van der Waals surface area contributed by atoms with Crippen molar-refractivity contribution in [1.82, 2.24) is 24.5 Å². The molecule has 1 aliphatic rings. The molecule has 27 heavy (non-hydrogen) atoms. The molecule has 3 heterocycles. The van der Waals surface area contributed by atoms with Crippen LogP contribution in [0.2, 0.25) is 0 Å². The number of carbonyl (C=O) groups excluding carboxylic acids is 2. The first kappa shape index (κ1) is 18.5. The first-order valence-electron chi connectivity index (χ1n) is 7.87. The van der Waals surface area contributed by atoms with Crippen LogP contribution in [0.4, 0.5) is 0 Å². The molecule has 2 amide bonds. The molecule has 1 saturated heterocycles. The zero-order valence-corrected chi connectivity index (χ0v) is 14.2. The number of aliphatic hydroxyl groups excluding tert-OH is 1. The quantitative estimate of drug-likeness (QED) is 0.425. The summed E-state index contributed by atoms with van der Waals surface area (Å²) in [5.74, 6) is -1.97. The Labute approximate surface area is 150 Å². The molecule has 1 aliphatic heterocycles. The Morgan fingerprint density at radius 2 is 2.07 bits per heavy atom. The maximum absolute atomic E-state index is 12.1. The SMILES string of the molecule is Cc1cn(C2CC(n3nnc(C(N)=O)c3C(N)=O)C(CO)O2)c(=O)[nH]c1=O. The van der Waals surface area contributed by atoms with Crippen molar-refractivity contribution in [1.29, 1.82) is 0 Å². The van der Waals surface area contributed by atoms with Gasteiger partial charge in [0.1, 0.15) is 12.3 Å². The molecule has 3 rings (SSSR count). The second-order valence-corrected chi connectivity index (χ2v) is 6.05. The molecule has 0 saturated carbocycles. The lowest BCUT2D eigenvalue weighted by molar-refractivity contribution is -0.0324. The topological polar surface area (TPSA) is 201 Å². The molecule has 0 aliphatic carbocycles. The Kier molecular flexibility index (Phi) is 4.63. The van der Waals surface area contributed by atoms with Gasteiger partial charge in [-0.3, -0.25) is 23.9 Å². The van der Waals surface area contributed by atoms with Crippen LogP contribution in [0.15, 0.2) is 15.8 Å². The number of nitrogens with one attached hydrogen (secondary N) is 1. The fourth-order valence-corrected chi connectivity index (χ4v) is 3.03. The predicted octanol–water partition coefficient (Wildman–Crippen LogP) is -2.84. The fourth-order valence-electron chi connectivity index (χ4n) is 3.03. The van der Waals surface area contributed by atoms with E-state index >= 15 is 0 Å². The summed E-state index contributed by atoms with van der Waals surface area (Å²) < 4.78 is 7.90. The highest BCUT2D eigenvalue weighted by atomic mass is 16.5. The minimum Gasteiger partial charge on any atom is -0.394 e.